The molecule has 6 nitrogen and oxygen atoms in total. The van der Waals surface area contributed by atoms with E-state index >= 15 is 0 Å². The minimum Gasteiger partial charge on any atom is -0.488 e. The smallest absolute Gasteiger partial charge is 0.334 e. The van der Waals surface area contributed by atoms with E-state index in [1.807, 2.05) is 73.8 Å². The predicted molar refractivity (Wildman–Crippen MR) is 168 cm³/mol. The number of hydrogen-bond acceptors (Lipinski definition) is 8. The van der Waals surface area contributed by atoms with Gasteiger partial charge >= 0.3 is 11.9 Å². The van der Waals surface area contributed by atoms with E-state index < -0.39 is 0 Å². The zero-order valence-electron chi connectivity index (χ0n) is 24.4. The summed E-state index contributed by atoms with van der Waals surface area (Å²) in [4.78, 5) is 26.0. The summed E-state index contributed by atoms with van der Waals surface area (Å²) in [5, 5.41) is 0.959. The number of fused-ring (bicyclic) bond motifs is 4. The molecule has 2 saturated carbocycles. The van der Waals surface area contributed by atoms with Gasteiger partial charge in [-0.25, -0.2) is 9.59 Å². The highest BCUT2D eigenvalue weighted by molar-refractivity contribution is 8.00. The van der Waals surface area contributed by atoms with Crippen LogP contribution in [0.15, 0.2) is 70.5 Å². The second kappa shape index (κ2) is 15.1. The molecule has 2 fully saturated rings. The number of thioether (sulfide) groups is 2. The molecule has 2 aliphatic carbocycles. The van der Waals surface area contributed by atoms with Crippen molar-refractivity contribution in [3.63, 3.8) is 0 Å². The molecule has 2 aliphatic heterocycles. The Labute approximate surface area is 257 Å². The Morgan fingerprint density at radius 2 is 1.10 bits per heavy atom. The van der Waals surface area contributed by atoms with E-state index in [4.69, 9.17) is 18.9 Å². The molecule has 0 N–H and O–H groups in total. The number of carbonyl (C=O) groups is 2. The molecule has 2 aromatic rings. The summed E-state index contributed by atoms with van der Waals surface area (Å²) in [6.07, 6.45) is 12.8. The number of benzene rings is 2. The van der Waals surface area contributed by atoms with Gasteiger partial charge in [0.15, 0.2) is 0 Å². The lowest BCUT2D eigenvalue weighted by Gasteiger charge is -2.29. The van der Waals surface area contributed by atoms with Gasteiger partial charge in [0, 0.05) is 31.4 Å². The molecule has 0 aromatic heterocycles. The maximum atomic E-state index is 11.8. The van der Waals surface area contributed by atoms with Crippen LogP contribution in [0.25, 0.3) is 11.5 Å². The minimum absolute atomic E-state index is 0.192. The first-order valence-corrected chi connectivity index (χ1v) is 16.9. The van der Waals surface area contributed by atoms with Gasteiger partial charge in [0.1, 0.15) is 23.7 Å². The molecule has 0 spiro atoms. The van der Waals surface area contributed by atoms with Crippen molar-refractivity contribution in [3.05, 3.63) is 71.8 Å². The first-order valence-electron chi connectivity index (χ1n) is 15.2. The molecule has 2 heterocycles. The van der Waals surface area contributed by atoms with Gasteiger partial charge in [0.05, 0.1) is 25.4 Å². The van der Waals surface area contributed by atoms with Crippen LogP contribution in [0.3, 0.4) is 0 Å². The van der Waals surface area contributed by atoms with Crippen molar-refractivity contribution in [2.24, 2.45) is 0 Å². The molecule has 0 radical (unpaired) electrons. The molecule has 0 bridgehead atoms. The highest BCUT2D eigenvalue weighted by Gasteiger charge is 2.34. The van der Waals surface area contributed by atoms with Crippen molar-refractivity contribution in [3.8, 4) is 0 Å². The molecule has 0 unspecified atom stereocenters. The lowest BCUT2D eigenvalue weighted by molar-refractivity contribution is -0.138. The SMILES string of the molecule is CCOC(=O)/C=C1\O[C@@H]2CCCC[C@H]2Sc2ccccc21.CCOC(=O)/C=C1\O[C@H]2CCCC[C@@H]2Sc2ccccc21. The zero-order chi connectivity index (χ0) is 29.3. The Kier molecular flexibility index (Phi) is 11.0. The second-order valence-electron chi connectivity index (χ2n) is 10.7. The first kappa shape index (κ1) is 30.6. The van der Waals surface area contributed by atoms with Crippen molar-refractivity contribution in [1.82, 2.24) is 0 Å². The van der Waals surface area contributed by atoms with Crippen LogP contribution >= 0.6 is 23.5 Å². The van der Waals surface area contributed by atoms with Crippen molar-refractivity contribution in [2.75, 3.05) is 13.2 Å². The van der Waals surface area contributed by atoms with Crippen molar-refractivity contribution < 1.29 is 28.5 Å². The Balaban J connectivity index is 0.000000168. The highest BCUT2D eigenvalue weighted by atomic mass is 32.2. The van der Waals surface area contributed by atoms with E-state index in [1.54, 1.807) is 0 Å². The molecule has 224 valence electrons. The summed E-state index contributed by atoms with van der Waals surface area (Å²) in [7, 11) is 0. The predicted octanol–water partition coefficient (Wildman–Crippen LogP) is 8.05. The third-order valence-electron chi connectivity index (χ3n) is 7.77. The first-order chi connectivity index (χ1) is 20.6. The lowest BCUT2D eigenvalue weighted by Crippen LogP contribution is -2.28. The molecule has 4 atom stereocenters. The topological polar surface area (TPSA) is 71.1 Å². The largest absolute Gasteiger partial charge is 0.488 e. The lowest BCUT2D eigenvalue weighted by atomic mass is 9.97. The van der Waals surface area contributed by atoms with Crippen molar-refractivity contribution in [1.29, 1.82) is 0 Å². The van der Waals surface area contributed by atoms with Gasteiger partial charge in [-0.3, -0.25) is 0 Å². The zero-order valence-corrected chi connectivity index (χ0v) is 26.1. The third kappa shape index (κ3) is 7.75. The molecule has 42 heavy (non-hydrogen) atoms. The van der Waals surface area contributed by atoms with Crippen LogP contribution in [0, 0.1) is 0 Å². The number of carbonyl (C=O) groups excluding carboxylic acids is 2. The van der Waals surface area contributed by atoms with Gasteiger partial charge in [0.25, 0.3) is 0 Å². The normalized spacial score (nSPS) is 26.2. The number of esters is 2. The Hall–Kier alpha value is -2.84. The van der Waals surface area contributed by atoms with Crippen LogP contribution in [-0.2, 0) is 28.5 Å². The third-order valence-corrected chi connectivity index (χ3v) is 10.7. The average Bonchev–Trinajstić information content (AvgIpc) is 3.25. The van der Waals surface area contributed by atoms with Crippen LogP contribution < -0.4 is 0 Å². The summed E-state index contributed by atoms with van der Waals surface area (Å²) in [6.45, 7) is 4.38. The maximum Gasteiger partial charge on any atom is 0.334 e. The molecule has 4 aliphatic rings. The fourth-order valence-electron chi connectivity index (χ4n) is 5.80. The summed E-state index contributed by atoms with van der Waals surface area (Å²) in [6, 6.07) is 16.3. The monoisotopic (exact) mass is 608 g/mol. The van der Waals surface area contributed by atoms with Crippen molar-refractivity contribution in [2.45, 2.75) is 97.7 Å². The van der Waals surface area contributed by atoms with E-state index in [2.05, 4.69) is 12.1 Å². The van der Waals surface area contributed by atoms with Gasteiger partial charge in [-0.05, 0) is 64.5 Å². The van der Waals surface area contributed by atoms with Gasteiger partial charge in [-0.1, -0.05) is 49.2 Å². The van der Waals surface area contributed by atoms with Gasteiger partial charge in [0.2, 0.25) is 0 Å². The van der Waals surface area contributed by atoms with Gasteiger partial charge < -0.3 is 18.9 Å². The van der Waals surface area contributed by atoms with E-state index in [-0.39, 0.29) is 24.1 Å². The summed E-state index contributed by atoms with van der Waals surface area (Å²) in [5.41, 5.74) is 2.01. The van der Waals surface area contributed by atoms with Crippen LogP contribution in [0.5, 0.6) is 0 Å². The molecule has 0 amide bonds. The molecule has 6 rings (SSSR count). The molecule has 2 aromatic carbocycles. The molecular formula is C34H40O6S2. The molecule has 0 saturated heterocycles. The fourth-order valence-corrected chi connectivity index (χ4v) is 8.61. The molecule has 8 heteroatoms. The van der Waals surface area contributed by atoms with E-state index in [9.17, 15) is 9.59 Å². The Morgan fingerprint density at radius 3 is 1.52 bits per heavy atom. The van der Waals surface area contributed by atoms with Crippen LogP contribution in [0.4, 0.5) is 0 Å². The van der Waals surface area contributed by atoms with Crippen LogP contribution in [-0.4, -0.2) is 47.9 Å². The highest BCUT2D eigenvalue weighted by Crippen LogP contribution is 2.44. The maximum absolute atomic E-state index is 11.8. The van der Waals surface area contributed by atoms with E-state index in [0.29, 0.717) is 35.2 Å². The van der Waals surface area contributed by atoms with E-state index in [1.165, 1.54) is 60.5 Å². The Morgan fingerprint density at radius 1 is 0.690 bits per heavy atom. The summed E-state index contributed by atoms with van der Waals surface area (Å²) in [5.74, 6) is 0.653. The number of rotatable bonds is 4. The Bertz CT molecular complexity index is 1200. The van der Waals surface area contributed by atoms with Crippen LogP contribution in [0.1, 0.15) is 76.3 Å². The quantitative estimate of drug-likeness (QED) is 0.255. The average molecular weight is 609 g/mol. The second-order valence-corrected chi connectivity index (χ2v) is 13.3. The van der Waals surface area contributed by atoms with E-state index in [0.717, 1.165) is 24.0 Å². The summed E-state index contributed by atoms with van der Waals surface area (Å²) >= 11 is 3.78. The van der Waals surface area contributed by atoms with Gasteiger partial charge in [-0.15, -0.1) is 23.5 Å². The fraction of sp³-hybridized carbons (Fsp3) is 0.471. The van der Waals surface area contributed by atoms with Crippen molar-refractivity contribution >= 4 is 47.0 Å². The number of hydrogen-bond donors (Lipinski definition) is 0. The summed E-state index contributed by atoms with van der Waals surface area (Å²) < 4.78 is 22.5. The van der Waals surface area contributed by atoms with Crippen LogP contribution in [0.2, 0.25) is 0 Å². The minimum atomic E-state index is -0.332. The molecular weight excluding hydrogens is 569 g/mol. The van der Waals surface area contributed by atoms with Gasteiger partial charge in [-0.2, -0.15) is 0 Å². The number of ether oxygens (including phenoxy) is 4. The standard InChI is InChI=1S/2C17H20O3S/c2*1-2-19-17(18)11-14-12-7-3-5-9-15(12)21-16-10-6-4-8-13(16)20-14/h2*3,5,7,9,11,13,16H,2,4,6,8,10H2,1H3/b2*14-11-/t2*13-,16-/m10/s1.